The monoisotopic (exact) mass is 205 g/mol. The summed E-state index contributed by atoms with van der Waals surface area (Å²) in [5.74, 6) is 0.284. The standard InChI is InChI=1S/C13H19NO/c1-2-3-4-8-11-15-13(14)12-9-6-5-7-10-12/h5-7,9-10,14H,2-4,8,11H2,1H3. The first-order chi connectivity index (χ1) is 7.34. The van der Waals surface area contributed by atoms with E-state index in [1.807, 2.05) is 30.3 Å². The fourth-order valence-electron chi connectivity index (χ4n) is 1.38. The van der Waals surface area contributed by atoms with E-state index in [1.54, 1.807) is 0 Å². The third kappa shape index (κ3) is 4.63. The lowest BCUT2D eigenvalue weighted by molar-refractivity contribution is 0.291. The van der Waals surface area contributed by atoms with Crippen molar-refractivity contribution in [3.05, 3.63) is 35.9 Å². The van der Waals surface area contributed by atoms with Crippen LogP contribution in [-0.4, -0.2) is 12.5 Å². The van der Waals surface area contributed by atoms with E-state index in [9.17, 15) is 0 Å². The molecule has 0 fully saturated rings. The topological polar surface area (TPSA) is 33.1 Å². The molecule has 0 aliphatic heterocycles. The summed E-state index contributed by atoms with van der Waals surface area (Å²) in [6, 6.07) is 9.58. The van der Waals surface area contributed by atoms with Crippen LogP contribution in [0.4, 0.5) is 0 Å². The minimum atomic E-state index is 0.284. The average molecular weight is 205 g/mol. The van der Waals surface area contributed by atoms with Crippen LogP contribution in [0, 0.1) is 5.41 Å². The van der Waals surface area contributed by atoms with Gasteiger partial charge >= 0.3 is 0 Å². The number of hydrogen-bond acceptors (Lipinski definition) is 2. The van der Waals surface area contributed by atoms with Gasteiger partial charge in [-0.2, -0.15) is 0 Å². The van der Waals surface area contributed by atoms with E-state index >= 15 is 0 Å². The number of nitrogens with one attached hydrogen (secondary N) is 1. The lowest BCUT2D eigenvalue weighted by atomic mass is 10.2. The maximum Gasteiger partial charge on any atom is 0.213 e. The highest BCUT2D eigenvalue weighted by Crippen LogP contribution is 2.03. The third-order valence-corrected chi connectivity index (χ3v) is 2.28. The molecule has 1 aromatic carbocycles. The quantitative estimate of drug-likeness (QED) is 0.429. The summed E-state index contributed by atoms with van der Waals surface area (Å²) in [6.07, 6.45) is 4.72. The molecule has 0 aliphatic carbocycles. The number of ether oxygens (including phenoxy) is 1. The highest BCUT2D eigenvalue weighted by molar-refractivity contribution is 5.91. The normalized spacial score (nSPS) is 9.93. The van der Waals surface area contributed by atoms with Crippen LogP contribution in [-0.2, 0) is 4.74 Å². The van der Waals surface area contributed by atoms with Crippen molar-refractivity contribution in [2.45, 2.75) is 32.6 Å². The number of unbranched alkanes of at least 4 members (excludes halogenated alkanes) is 3. The molecule has 2 heteroatoms. The molecule has 0 unspecified atom stereocenters. The van der Waals surface area contributed by atoms with E-state index in [1.165, 1.54) is 19.3 Å². The van der Waals surface area contributed by atoms with Crippen LogP contribution in [0.3, 0.4) is 0 Å². The maximum absolute atomic E-state index is 7.69. The van der Waals surface area contributed by atoms with Crippen molar-refractivity contribution in [2.24, 2.45) is 0 Å². The fraction of sp³-hybridized carbons (Fsp3) is 0.462. The third-order valence-electron chi connectivity index (χ3n) is 2.28. The van der Waals surface area contributed by atoms with Gasteiger partial charge in [0.1, 0.15) is 0 Å². The first-order valence-corrected chi connectivity index (χ1v) is 5.61. The molecule has 1 aromatic rings. The molecule has 0 aromatic heterocycles. The highest BCUT2D eigenvalue weighted by Gasteiger charge is 2.00. The van der Waals surface area contributed by atoms with Crippen LogP contribution in [0.25, 0.3) is 0 Å². The zero-order valence-corrected chi connectivity index (χ0v) is 9.33. The van der Waals surface area contributed by atoms with Crippen LogP contribution in [0.2, 0.25) is 0 Å². The maximum atomic E-state index is 7.69. The minimum absolute atomic E-state index is 0.284. The molecule has 82 valence electrons. The van der Waals surface area contributed by atoms with Gasteiger partial charge in [0, 0.05) is 5.56 Å². The number of rotatable bonds is 6. The second-order valence-electron chi connectivity index (χ2n) is 3.60. The van der Waals surface area contributed by atoms with Gasteiger partial charge in [-0.15, -0.1) is 0 Å². The van der Waals surface area contributed by atoms with E-state index in [-0.39, 0.29) is 5.90 Å². The van der Waals surface area contributed by atoms with Gasteiger partial charge in [0.05, 0.1) is 6.61 Å². The molecule has 0 amide bonds. The predicted molar refractivity (Wildman–Crippen MR) is 63.4 cm³/mol. The van der Waals surface area contributed by atoms with Gasteiger partial charge in [0.25, 0.3) is 0 Å². The van der Waals surface area contributed by atoms with Crippen molar-refractivity contribution in [1.82, 2.24) is 0 Å². The van der Waals surface area contributed by atoms with Crippen molar-refractivity contribution in [1.29, 1.82) is 5.41 Å². The molecule has 0 aliphatic rings. The minimum Gasteiger partial charge on any atom is -0.478 e. The van der Waals surface area contributed by atoms with E-state index in [0.29, 0.717) is 6.61 Å². The summed E-state index contributed by atoms with van der Waals surface area (Å²) in [6.45, 7) is 2.85. The van der Waals surface area contributed by atoms with Crippen LogP contribution in [0.15, 0.2) is 30.3 Å². The smallest absolute Gasteiger partial charge is 0.213 e. The molecule has 1 N–H and O–H groups in total. The molecule has 15 heavy (non-hydrogen) atoms. The lowest BCUT2D eigenvalue weighted by Crippen LogP contribution is -2.06. The van der Waals surface area contributed by atoms with E-state index < -0.39 is 0 Å². The molecule has 0 radical (unpaired) electrons. The Labute approximate surface area is 91.8 Å². The Morgan fingerprint density at radius 2 is 1.87 bits per heavy atom. The number of benzene rings is 1. The van der Waals surface area contributed by atoms with Gasteiger partial charge in [0.2, 0.25) is 5.90 Å². The molecule has 0 spiro atoms. The summed E-state index contributed by atoms with van der Waals surface area (Å²) in [4.78, 5) is 0. The average Bonchev–Trinajstić information content (AvgIpc) is 2.30. The van der Waals surface area contributed by atoms with Gasteiger partial charge < -0.3 is 4.74 Å². The zero-order chi connectivity index (χ0) is 10.9. The summed E-state index contributed by atoms with van der Waals surface area (Å²) in [5, 5.41) is 7.69. The lowest BCUT2D eigenvalue weighted by Gasteiger charge is -2.06. The molecule has 1 rings (SSSR count). The van der Waals surface area contributed by atoms with Gasteiger partial charge in [-0.3, -0.25) is 5.41 Å². The fourth-order valence-corrected chi connectivity index (χ4v) is 1.38. The molecule has 0 saturated carbocycles. The van der Waals surface area contributed by atoms with Crippen molar-refractivity contribution in [3.63, 3.8) is 0 Å². The Morgan fingerprint density at radius 3 is 2.53 bits per heavy atom. The molecule has 0 heterocycles. The Hall–Kier alpha value is -1.31. The van der Waals surface area contributed by atoms with Gasteiger partial charge in [0.15, 0.2) is 0 Å². The summed E-state index contributed by atoms with van der Waals surface area (Å²) < 4.78 is 5.36. The Kier molecular flexibility index (Phi) is 5.52. The predicted octanol–water partition coefficient (Wildman–Crippen LogP) is 3.61. The second-order valence-corrected chi connectivity index (χ2v) is 3.60. The van der Waals surface area contributed by atoms with Crippen LogP contribution in [0.5, 0.6) is 0 Å². The van der Waals surface area contributed by atoms with Gasteiger partial charge in [-0.25, -0.2) is 0 Å². The van der Waals surface area contributed by atoms with E-state index in [2.05, 4.69) is 6.92 Å². The number of hydrogen-bond donors (Lipinski definition) is 1. The first kappa shape index (κ1) is 11.8. The van der Waals surface area contributed by atoms with Crippen molar-refractivity contribution < 1.29 is 4.74 Å². The summed E-state index contributed by atoms with van der Waals surface area (Å²) in [5.41, 5.74) is 0.855. The van der Waals surface area contributed by atoms with Crippen molar-refractivity contribution >= 4 is 5.90 Å². The Morgan fingerprint density at radius 1 is 1.13 bits per heavy atom. The second kappa shape index (κ2) is 7.04. The molecule has 0 bridgehead atoms. The van der Waals surface area contributed by atoms with Crippen molar-refractivity contribution in [2.75, 3.05) is 6.61 Å². The summed E-state index contributed by atoms with van der Waals surface area (Å²) in [7, 11) is 0. The van der Waals surface area contributed by atoms with E-state index in [4.69, 9.17) is 10.1 Å². The molecular weight excluding hydrogens is 186 g/mol. The van der Waals surface area contributed by atoms with E-state index in [0.717, 1.165) is 12.0 Å². The highest BCUT2D eigenvalue weighted by atomic mass is 16.5. The van der Waals surface area contributed by atoms with Gasteiger partial charge in [-0.1, -0.05) is 44.4 Å². The van der Waals surface area contributed by atoms with Crippen LogP contribution >= 0.6 is 0 Å². The largest absolute Gasteiger partial charge is 0.478 e. The zero-order valence-electron chi connectivity index (χ0n) is 9.33. The van der Waals surface area contributed by atoms with Crippen molar-refractivity contribution in [3.8, 4) is 0 Å². The summed E-state index contributed by atoms with van der Waals surface area (Å²) >= 11 is 0. The van der Waals surface area contributed by atoms with Gasteiger partial charge in [-0.05, 0) is 18.6 Å². The molecule has 0 saturated heterocycles. The molecule has 0 atom stereocenters. The van der Waals surface area contributed by atoms with Crippen LogP contribution < -0.4 is 0 Å². The SMILES string of the molecule is CCCCCCOC(=N)c1ccccc1. The molecular formula is C13H19NO. The molecule has 2 nitrogen and oxygen atoms in total. The van der Waals surface area contributed by atoms with Crippen LogP contribution in [0.1, 0.15) is 38.2 Å². The Balaban J connectivity index is 2.20. The first-order valence-electron chi connectivity index (χ1n) is 5.61. The Bertz CT molecular complexity index is 282.